The molecule has 0 aliphatic heterocycles. The molecule has 0 saturated carbocycles. The van der Waals surface area contributed by atoms with Gasteiger partial charge < -0.3 is 19.9 Å². The van der Waals surface area contributed by atoms with Gasteiger partial charge in [-0.1, -0.05) is 30.3 Å². The molecule has 0 radical (unpaired) electrons. The van der Waals surface area contributed by atoms with Crippen molar-refractivity contribution < 1.29 is 19.4 Å². The van der Waals surface area contributed by atoms with Crippen molar-refractivity contribution >= 4 is 11.6 Å². The van der Waals surface area contributed by atoms with Crippen LogP contribution in [-0.4, -0.2) is 25.2 Å². The lowest BCUT2D eigenvalue weighted by Gasteiger charge is -2.19. The Morgan fingerprint density at radius 1 is 1.09 bits per heavy atom. The standard InChI is InChI=1S/C17H19NO4/c1-11(19)18-14-10-16(22-3)15(21-2)9-13(14)17(20)12-7-5-4-6-8-12/h4-10,17,20H,1-3H3,(H,18,19)/t17-/m0/s1. The van der Waals surface area contributed by atoms with Crippen LogP contribution >= 0.6 is 0 Å². The summed E-state index contributed by atoms with van der Waals surface area (Å²) >= 11 is 0. The van der Waals surface area contributed by atoms with Crippen LogP contribution < -0.4 is 14.8 Å². The summed E-state index contributed by atoms with van der Waals surface area (Å²) < 4.78 is 10.5. The number of hydrogen-bond acceptors (Lipinski definition) is 4. The van der Waals surface area contributed by atoms with Crippen LogP contribution in [0, 0.1) is 0 Å². The van der Waals surface area contributed by atoms with Gasteiger partial charge in [0.25, 0.3) is 0 Å². The quantitative estimate of drug-likeness (QED) is 0.891. The molecular formula is C17H19NO4. The molecular weight excluding hydrogens is 282 g/mol. The van der Waals surface area contributed by atoms with E-state index in [2.05, 4.69) is 5.32 Å². The van der Waals surface area contributed by atoms with Crippen LogP contribution in [0.1, 0.15) is 24.2 Å². The summed E-state index contributed by atoms with van der Waals surface area (Å²) in [6, 6.07) is 12.5. The first-order chi connectivity index (χ1) is 10.6. The predicted molar refractivity (Wildman–Crippen MR) is 84.4 cm³/mol. The Morgan fingerprint density at radius 2 is 1.68 bits per heavy atom. The summed E-state index contributed by atoms with van der Waals surface area (Å²) in [5.74, 6) is 0.741. The van der Waals surface area contributed by atoms with E-state index in [9.17, 15) is 9.90 Å². The lowest BCUT2D eigenvalue weighted by molar-refractivity contribution is -0.114. The monoisotopic (exact) mass is 301 g/mol. The highest BCUT2D eigenvalue weighted by atomic mass is 16.5. The van der Waals surface area contributed by atoms with Gasteiger partial charge in [0.2, 0.25) is 5.91 Å². The fraction of sp³-hybridized carbons (Fsp3) is 0.235. The number of ether oxygens (including phenoxy) is 2. The highest BCUT2D eigenvalue weighted by molar-refractivity contribution is 5.90. The average molecular weight is 301 g/mol. The van der Waals surface area contributed by atoms with Crippen molar-refractivity contribution in [2.75, 3.05) is 19.5 Å². The highest BCUT2D eigenvalue weighted by Crippen LogP contribution is 2.38. The van der Waals surface area contributed by atoms with Crippen molar-refractivity contribution in [2.45, 2.75) is 13.0 Å². The van der Waals surface area contributed by atoms with Gasteiger partial charge in [-0.15, -0.1) is 0 Å². The van der Waals surface area contributed by atoms with Gasteiger partial charge >= 0.3 is 0 Å². The first kappa shape index (κ1) is 15.9. The maximum atomic E-state index is 11.4. The van der Waals surface area contributed by atoms with E-state index in [1.807, 2.05) is 30.3 Å². The molecule has 2 N–H and O–H groups in total. The average Bonchev–Trinajstić information content (AvgIpc) is 2.54. The molecule has 0 aromatic heterocycles. The van der Waals surface area contributed by atoms with Crippen LogP contribution in [0.5, 0.6) is 11.5 Å². The zero-order valence-electron chi connectivity index (χ0n) is 12.8. The minimum atomic E-state index is -0.886. The van der Waals surface area contributed by atoms with E-state index >= 15 is 0 Å². The minimum Gasteiger partial charge on any atom is -0.493 e. The number of amides is 1. The van der Waals surface area contributed by atoms with E-state index in [4.69, 9.17) is 9.47 Å². The highest BCUT2D eigenvalue weighted by Gasteiger charge is 2.19. The van der Waals surface area contributed by atoms with Crippen molar-refractivity contribution in [3.8, 4) is 11.5 Å². The van der Waals surface area contributed by atoms with Crippen molar-refractivity contribution in [1.29, 1.82) is 0 Å². The van der Waals surface area contributed by atoms with Crippen LogP contribution in [0.2, 0.25) is 0 Å². The molecule has 0 unspecified atom stereocenters. The molecule has 116 valence electrons. The number of nitrogens with one attached hydrogen (secondary N) is 1. The lowest BCUT2D eigenvalue weighted by atomic mass is 9.99. The Labute approximate surface area is 129 Å². The maximum absolute atomic E-state index is 11.4. The van der Waals surface area contributed by atoms with Crippen molar-refractivity contribution in [1.82, 2.24) is 0 Å². The predicted octanol–water partition coefficient (Wildman–Crippen LogP) is 2.74. The molecule has 0 spiro atoms. The van der Waals surface area contributed by atoms with Gasteiger partial charge in [-0.2, -0.15) is 0 Å². The second-order valence-electron chi connectivity index (χ2n) is 4.79. The molecule has 0 saturated heterocycles. The van der Waals surface area contributed by atoms with E-state index in [-0.39, 0.29) is 5.91 Å². The van der Waals surface area contributed by atoms with E-state index in [0.717, 1.165) is 5.56 Å². The summed E-state index contributed by atoms with van der Waals surface area (Å²) in [4.78, 5) is 11.4. The van der Waals surface area contributed by atoms with Crippen LogP contribution in [-0.2, 0) is 4.79 Å². The molecule has 2 aromatic carbocycles. The number of aliphatic hydroxyl groups is 1. The zero-order chi connectivity index (χ0) is 16.1. The molecule has 0 heterocycles. The lowest BCUT2D eigenvalue weighted by Crippen LogP contribution is -2.11. The second kappa shape index (κ2) is 6.95. The number of methoxy groups -OCH3 is 2. The van der Waals surface area contributed by atoms with Crippen LogP contribution in [0.25, 0.3) is 0 Å². The Morgan fingerprint density at radius 3 is 2.23 bits per heavy atom. The molecule has 5 nitrogen and oxygen atoms in total. The third kappa shape index (κ3) is 3.38. The molecule has 0 aliphatic carbocycles. The molecule has 1 atom stereocenters. The third-order valence-electron chi connectivity index (χ3n) is 3.28. The molecule has 22 heavy (non-hydrogen) atoms. The van der Waals surface area contributed by atoms with Crippen molar-refractivity contribution in [3.05, 3.63) is 53.6 Å². The Bertz CT molecular complexity index is 655. The van der Waals surface area contributed by atoms with Gasteiger partial charge in [0.05, 0.1) is 19.9 Å². The Hall–Kier alpha value is -2.53. The molecule has 2 aromatic rings. The fourth-order valence-electron chi connectivity index (χ4n) is 2.23. The molecule has 0 fully saturated rings. The van der Waals surface area contributed by atoms with Crippen LogP contribution in [0.3, 0.4) is 0 Å². The van der Waals surface area contributed by atoms with Gasteiger partial charge in [-0.25, -0.2) is 0 Å². The number of carbonyl (C=O) groups excluding carboxylic acids is 1. The van der Waals surface area contributed by atoms with Gasteiger partial charge in [0.15, 0.2) is 11.5 Å². The van der Waals surface area contributed by atoms with Gasteiger partial charge in [0.1, 0.15) is 6.10 Å². The fourth-order valence-corrected chi connectivity index (χ4v) is 2.23. The first-order valence-electron chi connectivity index (χ1n) is 6.83. The van der Waals surface area contributed by atoms with E-state index in [1.165, 1.54) is 21.1 Å². The maximum Gasteiger partial charge on any atom is 0.221 e. The minimum absolute atomic E-state index is 0.228. The SMILES string of the molecule is COc1cc(NC(C)=O)c([C@@H](O)c2ccccc2)cc1OC. The smallest absolute Gasteiger partial charge is 0.221 e. The van der Waals surface area contributed by atoms with Gasteiger partial charge in [-0.05, 0) is 11.6 Å². The topological polar surface area (TPSA) is 67.8 Å². The van der Waals surface area contributed by atoms with Crippen molar-refractivity contribution in [3.63, 3.8) is 0 Å². The van der Waals surface area contributed by atoms with Crippen LogP contribution in [0.15, 0.2) is 42.5 Å². The summed E-state index contributed by atoms with van der Waals surface area (Å²) in [6.07, 6.45) is -0.886. The molecule has 5 heteroatoms. The van der Waals surface area contributed by atoms with E-state index in [1.54, 1.807) is 12.1 Å². The molecule has 1 amide bonds. The Kier molecular flexibility index (Phi) is 5.01. The van der Waals surface area contributed by atoms with Gasteiger partial charge in [0, 0.05) is 18.6 Å². The summed E-state index contributed by atoms with van der Waals surface area (Å²) in [5, 5.41) is 13.3. The second-order valence-corrected chi connectivity index (χ2v) is 4.79. The summed E-state index contributed by atoms with van der Waals surface area (Å²) in [7, 11) is 3.04. The van der Waals surface area contributed by atoms with E-state index < -0.39 is 6.10 Å². The number of benzene rings is 2. The van der Waals surface area contributed by atoms with E-state index in [0.29, 0.717) is 22.7 Å². The normalized spacial score (nSPS) is 11.6. The largest absolute Gasteiger partial charge is 0.493 e. The number of hydrogen-bond donors (Lipinski definition) is 2. The molecule has 0 aliphatic rings. The Balaban J connectivity index is 2.53. The number of anilines is 1. The molecule has 2 rings (SSSR count). The summed E-state index contributed by atoms with van der Waals surface area (Å²) in [6.45, 7) is 1.41. The number of aliphatic hydroxyl groups excluding tert-OH is 1. The summed E-state index contributed by atoms with van der Waals surface area (Å²) in [5.41, 5.74) is 1.75. The van der Waals surface area contributed by atoms with Crippen molar-refractivity contribution in [2.24, 2.45) is 0 Å². The molecule has 0 bridgehead atoms. The van der Waals surface area contributed by atoms with Gasteiger partial charge in [-0.3, -0.25) is 4.79 Å². The van der Waals surface area contributed by atoms with Crippen LogP contribution in [0.4, 0.5) is 5.69 Å². The third-order valence-corrected chi connectivity index (χ3v) is 3.28. The number of rotatable bonds is 5. The first-order valence-corrected chi connectivity index (χ1v) is 6.83. The number of carbonyl (C=O) groups is 1. The zero-order valence-corrected chi connectivity index (χ0v) is 12.8.